The summed E-state index contributed by atoms with van der Waals surface area (Å²) >= 11 is 0. The number of carbonyl (C=O) groups is 1. The molecule has 2 aromatic rings. The van der Waals surface area contributed by atoms with Crippen molar-refractivity contribution in [1.29, 1.82) is 0 Å². The van der Waals surface area contributed by atoms with E-state index in [1.807, 2.05) is 0 Å². The Hall–Kier alpha value is -2.94. The minimum Gasteiger partial charge on any atom is -0.490 e. The number of nitrogens with zero attached hydrogens (tertiary/aromatic N) is 3. The molecule has 34 heavy (non-hydrogen) atoms. The Morgan fingerprint density at radius 3 is 2.68 bits per heavy atom. The molecular formula is C25H34FN5O3. The van der Waals surface area contributed by atoms with Gasteiger partial charge in [0.05, 0.1) is 6.61 Å². The van der Waals surface area contributed by atoms with Crippen LogP contribution in [0.5, 0.6) is 5.75 Å². The Morgan fingerprint density at radius 1 is 1.09 bits per heavy atom. The summed E-state index contributed by atoms with van der Waals surface area (Å²) in [7, 11) is 0. The van der Waals surface area contributed by atoms with Crippen LogP contribution < -0.4 is 15.4 Å². The van der Waals surface area contributed by atoms with Crippen molar-refractivity contribution in [1.82, 2.24) is 14.9 Å². The molecule has 1 aliphatic carbocycles. The smallest absolute Gasteiger partial charge is 0.413 e. The predicted molar refractivity (Wildman–Crippen MR) is 129 cm³/mol. The fourth-order valence-corrected chi connectivity index (χ4v) is 4.43. The Labute approximate surface area is 200 Å². The third-order valence-corrected chi connectivity index (χ3v) is 6.22. The van der Waals surface area contributed by atoms with Crippen LogP contribution in [-0.4, -0.2) is 53.3 Å². The molecule has 2 heterocycles. The van der Waals surface area contributed by atoms with Crippen molar-refractivity contribution in [2.24, 2.45) is 0 Å². The van der Waals surface area contributed by atoms with E-state index >= 15 is 0 Å². The van der Waals surface area contributed by atoms with Crippen LogP contribution in [0.1, 0.15) is 57.8 Å². The van der Waals surface area contributed by atoms with Crippen LogP contribution in [0.15, 0.2) is 30.5 Å². The van der Waals surface area contributed by atoms with Crippen molar-refractivity contribution in [2.75, 3.05) is 36.9 Å². The topological polar surface area (TPSA) is 88.6 Å². The van der Waals surface area contributed by atoms with Crippen molar-refractivity contribution < 1.29 is 18.7 Å². The number of hydrogen-bond acceptors (Lipinski definition) is 7. The molecule has 0 radical (unpaired) electrons. The fraction of sp³-hybridized carbons (Fsp3) is 0.560. The average Bonchev–Trinajstić information content (AvgIpc) is 2.84. The Morgan fingerprint density at radius 2 is 1.88 bits per heavy atom. The second-order valence-corrected chi connectivity index (χ2v) is 8.93. The van der Waals surface area contributed by atoms with E-state index in [0.717, 1.165) is 51.7 Å². The van der Waals surface area contributed by atoms with E-state index in [4.69, 9.17) is 9.47 Å². The number of halogens is 1. The van der Waals surface area contributed by atoms with Crippen molar-refractivity contribution >= 4 is 23.5 Å². The van der Waals surface area contributed by atoms with E-state index in [9.17, 15) is 9.18 Å². The predicted octanol–water partition coefficient (Wildman–Crippen LogP) is 5.50. The molecule has 1 aromatic carbocycles. The van der Waals surface area contributed by atoms with Gasteiger partial charge in [0, 0.05) is 24.5 Å². The van der Waals surface area contributed by atoms with E-state index in [1.165, 1.54) is 37.9 Å². The number of anilines is 3. The van der Waals surface area contributed by atoms with Crippen molar-refractivity contribution in [2.45, 2.75) is 63.9 Å². The maximum Gasteiger partial charge on any atom is 0.413 e. The highest BCUT2D eigenvalue weighted by molar-refractivity contribution is 5.83. The van der Waals surface area contributed by atoms with E-state index in [0.29, 0.717) is 18.1 Å². The molecule has 0 bridgehead atoms. The molecule has 8 nitrogen and oxygen atoms in total. The lowest BCUT2D eigenvalue weighted by Crippen LogP contribution is -2.31. The zero-order valence-electron chi connectivity index (χ0n) is 19.6. The van der Waals surface area contributed by atoms with Gasteiger partial charge >= 0.3 is 6.09 Å². The maximum atomic E-state index is 14.5. The molecule has 1 aromatic heterocycles. The standard InChI is InChI=1S/C25H34FN5O3/c26-21-18-19(10-11-22(21)33-17-7-16-31-14-5-2-6-15-31)28-24-27-13-12-23(29-24)30-25(32)34-20-8-3-1-4-9-20/h10-13,18,20H,1-9,14-17H2,(H2,27,28,29,30,32). The van der Waals surface area contributed by atoms with Gasteiger partial charge in [-0.1, -0.05) is 12.8 Å². The van der Waals surface area contributed by atoms with E-state index < -0.39 is 11.9 Å². The first kappa shape index (κ1) is 24.2. The van der Waals surface area contributed by atoms with E-state index in [-0.39, 0.29) is 17.8 Å². The minimum absolute atomic E-state index is 0.0401. The molecule has 2 aliphatic rings. The second-order valence-electron chi connectivity index (χ2n) is 8.93. The fourth-order valence-electron chi connectivity index (χ4n) is 4.43. The first-order chi connectivity index (χ1) is 16.7. The highest BCUT2D eigenvalue weighted by Gasteiger charge is 2.18. The summed E-state index contributed by atoms with van der Waals surface area (Å²) < 4.78 is 25.6. The molecule has 184 valence electrons. The van der Waals surface area contributed by atoms with Crippen molar-refractivity contribution in [3.05, 3.63) is 36.3 Å². The first-order valence-electron chi connectivity index (χ1n) is 12.4. The highest BCUT2D eigenvalue weighted by atomic mass is 19.1. The van der Waals surface area contributed by atoms with Crippen LogP contribution in [0.3, 0.4) is 0 Å². The highest BCUT2D eigenvalue weighted by Crippen LogP contribution is 2.24. The van der Waals surface area contributed by atoms with Gasteiger partial charge in [0.25, 0.3) is 0 Å². The molecule has 0 spiro atoms. The lowest BCUT2D eigenvalue weighted by molar-refractivity contribution is 0.0864. The van der Waals surface area contributed by atoms with E-state index in [2.05, 4.69) is 25.5 Å². The number of nitrogens with one attached hydrogen (secondary N) is 2. The third kappa shape index (κ3) is 7.55. The van der Waals surface area contributed by atoms with Gasteiger partial charge in [0.2, 0.25) is 5.95 Å². The Kier molecular flexibility index (Phi) is 8.90. The van der Waals surface area contributed by atoms with Crippen molar-refractivity contribution in [3.63, 3.8) is 0 Å². The number of rotatable bonds is 9. The second kappa shape index (κ2) is 12.5. The number of hydrogen-bond donors (Lipinski definition) is 2. The molecule has 0 atom stereocenters. The number of piperidine rings is 1. The van der Waals surface area contributed by atoms with Gasteiger partial charge in [-0.3, -0.25) is 5.32 Å². The number of ether oxygens (including phenoxy) is 2. The zero-order chi connectivity index (χ0) is 23.6. The monoisotopic (exact) mass is 471 g/mol. The van der Waals surface area contributed by atoms with Gasteiger partial charge in [-0.05, 0) is 76.2 Å². The summed E-state index contributed by atoms with van der Waals surface area (Å²) in [5, 5.41) is 5.60. The molecule has 4 rings (SSSR count). The van der Waals surface area contributed by atoms with Gasteiger partial charge in [-0.15, -0.1) is 0 Å². The van der Waals surface area contributed by atoms with Crippen LogP contribution >= 0.6 is 0 Å². The lowest BCUT2D eigenvalue weighted by Gasteiger charge is -2.26. The van der Waals surface area contributed by atoms with Crippen LogP contribution in [0.4, 0.5) is 26.6 Å². The summed E-state index contributed by atoms with van der Waals surface area (Å²) in [6.45, 7) is 3.76. The Balaban J connectivity index is 1.24. The van der Waals surface area contributed by atoms with Gasteiger partial charge < -0.3 is 19.7 Å². The molecule has 2 N–H and O–H groups in total. The molecule has 1 aliphatic heterocycles. The maximum absolute atomic E-state index is 14.5. The summed E-state index contributed by atoms with van der Waals surface area (Å²) in [5.41, 5.74) is 0.486. The molecule has 2 fully saturated rings. The number of likely N-dealkylation sites (tertiary alicyclic amines) is 1. The van der Waals surface area contributed by atoms with Crippen LogP contribution in [0.2, 0.25) is 0 Å². The average molecular weight is 472 g/mol. The summed E-state index contributed by atoms with van der Waals surface area (Å²) in [4.78, 5) is 23.0. The number of carbonyl (C=O) groups excluding carboxylic acids is 1. The van der Waals surface area contributed by atoms with Gasteiger partial charge in [-0.2, -0.15) is 4.98 Å². The third-order valence-electron chi connectivity index (χ3n) is 6.22. The largest absolute Gasteiger partial charge is 0.490 e. The van der Waals surface area contributed by atoms with E-state index in [1.54, 1.807) is 18.2 Å². The molecule has 1 saturated heterocycles. The normalized spacial score (nSPS) is 17.2. The number of benzene rings is 1. The first-order valence-corrected chi connectivity index (χ1v) is 12.4. The quantitative estimate of drug-likeness (QED) is 0.467. The van der Waals surface area contributed by atoms with Gasteiger partial charge in [0.15, 0.2) is 11.6 Å². The lowest BCUT2D eigenvalue weighted by atomic mass is 9.98. The summed E-state index contributed by atoms with van der Waals surface area (Å²) in [5.74, 6) is 0.330. The summed E-state index contributed by atoms with van der Waals surface area (Å²) in [6, 6.07) is 6.24. The molecule has 9 heteroatoms. The van der Waals surface area contributed by atoms with Crippen LogP contribution in [-0.2, 0) is 4.74 Å². The minimum atomic E-state index is -0.524. The molecular weight excluding hydrogens is 437 g/mol. The summed E-state index contributed by atoms with van der Waals surface area (Å²) in [6.07, 6.45) is 10.8. The van der Waals surface area contributed by atoms with Gasteiger partial charge in [-0.25, -0.2) is 14.2 Å². The zero-order valence-corrected chi connectivity index (χ0v) is 19.6. The van der Waals surface area contributed by atoms with Gasteiger partial charge in [0.1, 0.15) is 11.9 Å². The SMILES string of the molecule is O=C(Nc1ccnc(Nc2ccc(OCCCN3CCCCC3)c(F)c2)n1)OC1CCCCC1. The number of amides is 1. The van der Waals surface area contributed by atoms with Crippen LogP contribution in [0, 0.1) is 5.82 Å². The molecule has 1 saturated carbocycles. The molecule has 1 amide bonds. The van der Waals surface area contributed by atoms with Crippen molar-refractivity contribution in [3.8, 4) is 5.75 Å². The van der Waals surface area contributed by atoms with Crippen LogP contribution in [0.25, 0.3) is 0 Å². The number of aromatic nitrogens is 2. The Bertz CT molecular complexity index is 933. The molecule has 0 unspecified atom stereocenters.